The van der Waals surface area contributed by atoms with E-state index in [1.165, 1.54) is 22.9 Å². The lowest BCUT2D eigenvalue weighted by Crippen LogP contribution is -2.27. The number of nitrogens with one attached hydrogen (secondary N) is 2. The molecule has 0 radical (unpaired) electrons. The van der Waals surface area contributed by atoms with Crippen LogP contribution in [0.15, 0.2) is 61.2 Å². The number of hydrogen-bond donors (Lipinski definition) is 2. The van der Waals surface area contributed by atoms with E-state index >= 15 is 0 Å². The Bertz CT molecular complexity index is 1420. The second kappa shape index (κ2) is 9.56. The van der Waals surface area contributed by atoms with Crippen LogP contribution in [0.2, 0.25) is 10.0 Å². The first-order chi connectivity index (χ1) is 16.9. The fourth-order valence-corrected chi connectivity index (χ4v) is 4.51. The molecule has 0 bridgehead atoms. The molecule has 4 aromatic rings. The number of aromatic nitrogens is 3. The molecule has 1 aliphatic carbocycles. The summed E-state index contributed by atoms with van der Waals surface area (Å²) in [6.07, 6.45) is 8.67. The quantitative estimate of drug-likeness (QED) is 0.380. The molecule has 2 amide bonds. The molecule has 35 heavy (non-hydrogen) atoms. The first-order valence-corrected chi connectivity index (χ1v) is 11.9. The van der Waals surface area contributed by atoms with E-state index < -0.39 is 5.91 Å². The second-order valence-electron chi connectivity index (χ2n) is 8.34. The second-order valence-corrected chi connectivity index (χ2v) is 9.15. The number of benzene rings is 1. The minimum atomic E-state index is -0.458. The zero-order chi connectivity index (χ0) is 24.5. The average molecular weight is 510 g/mol. The van der Waals surface area contributed by atoms with Gasteiger partial charge in [-0.1, -0.05) is 23.2 Å². The van der Waals surface area contributed by atoms with Gasteiger partial charge in [0, 0.05) is 54.7 Å². The number of anilines is 1. The highest BCUT2D eigenvalue weighted by Crippen LogP contribution is 2.32. The van der Waals surface area contributed by atoms with Crippen LogP contribution in [0.3, 0.4) is 0 Å². The first-order valence-electron chi connectivity index (χ1n) is 11.1. The van der Waals surface area contributed by atoms with Gasteiger partial charge in [0.15, 0.2) is 0 Å². The molecule has 3 heterocycles. The Morgan fingerprint density at radius 2 is 1.74 bits per heavy atom. The van der Waals surface area contributed by atoms with Gasteiger partial charge < -0.3 is 15.2 Å². The zero-order valence-corrected chi connectivity index (χ0v) is 20.0. The molecule has 0 aliphatic heterocycles. The van der Waals surface area contributed by atoms with Gasteiger partial charge in [-0.15, -0.1) is 0 Å². The summed E-state index contributed by atoms with van der Waals surface area (Å²) in [6, 6.07) is 10.1. The number of rotatable bonds is 7. The van der Waals surface area contributed by atoms with Crippen molar-refractivity contribution in [2.75, 3.05) is 11.9 Å². The van der Waals surface area contributed by atoms with Crippen molar-refractivity contribution in [1.29, 1.82) is 0 Å². The van der Waals surface area contributed by atoms with Crippen LogP contribution in [-0.2, 0) is 11.3 Å². The summed E-state index contributed by atoms with van der Waals surface area (Å²) < 4.78 is 3.34. The number of carbonyl (C=O) groups is 3. The molecule has 5 rings (SSSR count). The highest BCUT2D eigenvalue weighted by molar-refractivity contribution is 6.40. The first kappa shape index (κ1) is 23.1. The van der Waals surface area contributed by atoms with Gasteiger partial charge in [-0.3, -0.25) is 19.0 Å². The van der Waals surface area contributed by atoms with E-state index in [4.69, 9.17) is 23.2 Å². The lowest BCUT2D eigenvalue weighted by molar-refractivity contribution is -0.117. The van der Waals surface area contributed by atoms with Gasteiger partial charge in [0.2, 0.25) is 5.91 Å². The molecule has 178 valence electrons. The number of hydrogen-bond acceptors (Lipinski definition) is 4. The molecule has 1 saturated carbocycles. The minimum absolute atomic E-state index is 0.0259. The summed E-state index contributed by atoms with van der Waals surface area (Å²) >= 11 is 12.9. The molecule has 10 heteroatoms. The average Bonchev–Trinajstić information content (AvgIpc) is 3.38. The predicted molar refractivity (Wildman–Crippen MR) is 134 cm³/mol. The number of carbonyl (C=O) groups excluding carboxylic acids is 3. The Kier molecular flexibility index (Phi) is 6.32. The van der Waals surface area contributed by atoms with Gasteiger partial charge in [-0.2, -0.15) is 0 Å². The fourth-order valence-electron chi connectivity index (χ4n) is 3.86. The molecule has 0 saturated heterocycles. The standard InChI is InChI=1S/C25H21Cl2N5O3/c26-18-13-16(23(33)29-8-12-31-9-1-2-10-31)14-19(27)21(18)25(35)32-11-6-17-20(32)5-7-28-22(17)30-24(34)15-3-4-15/h1-2,5-7,9-11,13-15H,3-4,8,12H2,(H,29,33)(H,28,30,34). The molecule has 3 aromatic heterocycles. The third-order valence-electron chi connectivity index (χ3n) is 5.87. The minimum Gasteiger partial charge on any atom is -0.353 e. The van der Waals surface area contributed by atoms with Crippen molar-refractivity contribution in [3.05, 3.63) is 82.4 Å². The van der Waals surface area contributed by atoms with E-state index in [2.05, 4.69) is 15.6 Å². The van der Waals surface area contributed by atoms with Gasteiger partial charge >= 0.3 is 0 Å². The maximum atomic E-state index is 13.4. The Morgan fingerprint density at radius 3 is 2.43 bits per heavy atom. The molecule has 2 N–H and O–H groups in total. The van der Waals surface area contributed by atoms with Crippen LogP contribution < -0.4 is 10.6 Å². The van der Waals surface area contributed by atoms with Crippen LogP contribution >= 0.6 is 23.2 Å². The van der Waals surface area contributed by atoms with Gasteiger partial charge in [-0.25, -0.2) is 4.98 Å². The molecule has 1 fully saturated rings. The SMILES string of the molecule is O=C(NCCn1cccc1)c1cc(Cl)c(C(=O)n2ccc3c(NC(=O)C4CC4)nccc32)c(Cl)c1. The Labute approximate surface area is 210 Å². The maximum Gasteiger partial charge on any atom is 0.265 e. The number of amides is 2. The van der Waals surface area contributed by atoms with Crippen LogP contribution in [0.4, 0.5) is 5.82 Å². The third-order valence-corrected chi connectivity index (χ3v) is 6.46. The van der Waals surface area contributed by atoms with E-state index in [0.717, 1.165) is 12.8 Å². The third kappa shape index (κ3) is 4.80. The van der Waals surface area contributed by atoms with Crippen molar-refractivity contribution in [1.82, 2.24) is 19.4 Å². The Morgan fingerprint density at radius 1 is 1.03 bits per heavy atom. The number of halogens is 2. The largest absolute Gasteiger partial charge is 0.353 e. The van der Waals surface area contributed by atoms with E-state index in [9.17, 15) is 14.4 Å². The van der Waals surface area contributed by atoms with Crippen LogP contribution in [0.25, 0.3) is 10.9 Å². The molecule has 1 aromatic carbocycles. The smallest absolute Gasteiger partial charge is 0.265 e. The Balaban J connectivity index is 1.36. The van der Waals surface area contributed by atoms with Crippen LogP contribution in [0.5, 0.6) is 0 Å². The van der Waals surface area contributed by atoms with Crippen LogP contribution in [0, 0.1) is 5.92 Å². The van der Waals surface area contributed by atoms with E-state index in [0.29, 0.717) is 29.8 Å². The molecule has 0 atom stereocenters. The number of pyridine rings is 1. The number of nitrogens with zero attached hydrogens (tertiary/aromatic N) is 3. The van der Waals surface area contributed by atoms with Crippen molar-refractivity contribution >= 4 is 57.6 Å². The van der Waals surface area contributed by atoms with Gasteiger partial charge in [0.05, 0.1) is 21.1 Å². The lowest BCUT2D eigenvalue weighted by Gasteiger charge is -2.12. The topological polar surface area (TPSA) is 98.0 Å². The molecular weight excluding hydrogens is 489 g/mol. The van der Waals surface area contributed by atoms with Gasteiger partial charge in [0.1, 0.15) is 5.82 Å². The summed E-state index contributed by atoms with van der Waals surface area (Å²) in [5, 5.41) is 6.41. The van der Waals surface area contributed by atoms with Crippen molar-refractivity contribution < 1.29 is 14.4 Å². The van der Waals surface area contributed by atoms with E-state index in [1.807, 2.05) is 29.1 Å². The van der Waals surface area contributed by atoms with Crippen LogP contribution in [0.1, 0.15) is 33.6 Å². The Hall–Kier alpha value is -3.62. The molecule has 8 nitrogen and oxygen atoms in total. The predicted octanol–water partition coefficient (Wildman–Crippen LogP) is 4.61. The fraction of sp³-hybridized carbons (Fsp3) is 0.200. The summed E-state index contributed by atoms with van der Waals surface area (Å²) in [5.74, 6) is -0.445. The highest BCUT2D eigenvalue weighted by atomic mass is 35.5. The summed E-state index contributed by atoms with van der Waals surface area (Å²) in [6.45, 7) is 1.04. The summed E-state index contributed by atoms with van der Waals surface area (Å²) in [4.78, 5) is 42.4. The summed E-state index contributed by atoms with van der Waals surface area (Å²) in [5.41, 5.74) is 0.890. The lowest BCUT2D eigenvalue weighted by atomic mass is 10.1. The van der Waals surface area contributed by atoms with Crippen molar-refractivity contribution in [2.24, 2.45) is 5.92 Å². The van der Waals surface area contributed by atoms with Crippen molar-refractivity contribution in [3.63, 3.8) is 0 Å². The summed E-state index contributed by atoms with van der Waals surface area (Å²) in [7, 11) is 0. The zero-order valence-electron chi connectivity index (χ0n) is 18.5. The molecule has 1 aliphatic rings. The van der Waals surface area contributed by atoms with E-state index in [-0.39, 0.29) is 38.9 Å². The van der Waals surface area contributed by atoms with E-state index in [1.54, 1.807) is 18.3 Å². The monoisotopic (exact) mass is 509 g/mol. The van der Waals surface area contributed by atoms with Gasteiger partial charge in [0.25, 0.3) is 11.8 Å². The van der Waals surface area contributed by atoms with Gasteiger partial charge in [-0.05, 0) is 49.2 Å². The molecule has 0 unspecified atom stereocenters. The maximum absolute atomic E-state index is 13.4. The molecular formula is C25H21Cl2N5O3. The van der Waals surface area contributed by atoms with Crippen LogP contribution in [-0.4, -0.2) is 38.4 Å². The molecule has 0 spiro atoms. The normalized spacial score (nSPS) is 13.1. The highest BCUT2D eigenvalue weighted by Gasteiger charge is 2.30. The van der Waals surface area contributed by atoms with Crippen molar-refractivity contribution in [2.45, 2.75) is 19.4 Å². The number of fused-ring (bicyclic) bond motifs is 1. The van der Waals surface area contributed by atoms with Crippen molar-refractivity contribution in [3.8, 4) is 0 Å².